The van der Waals surface area contributed by atoms with Gasteiger partial charge in [-0.3, -0.25) is 0 Å². The third-order valence-corrected chi connectivity index (χ3v) is 8.77. The summed E-state index contributed by atoms with van der Waals surface area (Å²) in [7, 11) is 5.45. The Kier molecular flexibility index (Phi) is 23.7. The average Bonchev–Trinajstić information content (AvgIpc) is 3.09. The molecular formula is C35H64BN3O10. The second kappa shape index (κ2) is 26.5. The van der Waals surface area contributed by atoms with Crippen molar-refractivity contribution in [2.45, 2.75) is 166 Å². The zero-order chi connectivity index (χ0) is 35.9. The summed E-state index contributed by atoms with van der Waals surface area (Å²) in [6, 6.07) is -1.06. The molecule has 1 heterocycles. The first-order valence-corrected chi connectivity index (χ1v) is 18.6. The molecule has 1 saturated carbocycles. The zero-order valence-corrected chi connectivity index (χ0v) is 30.7. The van der Waals surface area contributed by atoms with Gasteiger partial charge in [-0.05, 0) is 37.6 Å². The van der Waals surface area contributed by atoms with Crippen molar-refractivity contribution >= 4 is 8.05 Å². The first-order valence-electron chi connectivity index (χ1n) is 18.6. The molecule has 1 N–H and O–H groups in total. The molecule has 1 saturated heterocycles. The van der Waals surface area contributed by atoms with Gasteiger partial charge in [0.05, 0.1) is 19.3 Å². The number of ether oxygens (including phenoxy) is 8. The van der Waals surface area contributed by atoms with Crippen molar-refractivity contribution in [3.8, 4) is 0 Å². The molecule has 2 rings (SSSR count). The van der Waals surface area contributed by atoms with Gasteiger partial charge in [-0.25, -0.2) is 0 Å². The van der Waals surface area contributed by atoms with Crippen molar-refractivity contribution in [2.75, 3.05) is 46.2 Å². The van der Waals surface area contributed by atoms with E-state index in [0.29, 0.717) is 33.0 Å². The van der Waals surface area contributed by atoms with Crippen LogP contribution in [-0.2, 0) is 42.5 Å². The lowest BCUT2D eigenvalue weighted by atomic mass is 9.83. The minimum Gasteiger partial charge on any atom is -0.445 e. The minimum atomic E-state index is -1.20. The summed E-state index contributed by atoms with van der Waals surface area (Å²) >= 11 is 0. The Hall–Kier alpha value is -1.29. The predicted molar refractivity (Wildman–Crippen MR) is 187 cm³/mol. The molecule has 0 spiro atoms. The number of rotatable bonds is 28. The van der Waals surface area contributed by atoms with E-state index in [1.807, 2.05) is 6.92 Å². The molecule has 1 aliphatic heterocycles. The van der Waals surface area contributed by atoms with E-state index in [0.717, 1.165) is 64.2 Å². The normalized spacial score (nSPS) is 31.8. The van der Waals surface area contributed by atoms with Crippen LogP contribution in [0.2, 0.25) is 0 Å². The maximum absolute atomic E-state index is 11.3. The van der Waals surface area contributed by atoms with E-state index in [2.05, 4.69) is 44.3 Å². The van der Waals surface area contributed by atoms with Crippen LogP contribution in [0.5, 0.6) is 0 Å². The second-order valence-electron chi connectivity index (χ2n) is 12.7. The summed E-state index contributed by atoms with van der Waals surface area (Å²) in [5, 5.41) is 15.3. The molecule has 2 fully saturated rings. The van der Waals surface area contributed by atoms with E-state index >= 15 is 0 Å². The quantitative estimate of drug-likeness (QED) is 0.0267. The third-order valence-electron chi connectivity index (χ3n) is 8.77. The largest absolute Gasteiger partial charge is 0.445 e. The molecule has 11 unspecified atom stereocenters. The van der Waals surface area contributed by atoms with E-state index < -0.39 is 67.3 Å². The average molecular weight is 698 g/mol. The van der Waals surface area contributed by atoms with E-state index in [1.165, 1.54) is 0 Å². The molecule has 2 aliphatic rings. The summed E-state index contributed by atoms with van der Waals surface area (Å²) in [4.78, 5) is 3.09. The van der Waals surface area contributed by atoms with Crippen molar-refractivity contribution in [1.82, 2.24) is 0 Å². The number of azide groups is 1. The van der Waals surface area contributed by atoms with Gasteiger partial charge in [0.1, 0.15) is 54.9 Å². The van der Waals surface area contributed by atoms with Crippen LogP contribution >= 0.6 is 0 Å². The van der Waals surface area contributed by atoms with Crippen molar-refractivity contribution in [2.24, 2.45) is 5.11 Å². The molecule has 0 aromatic heterocycles. The number of hydrogen-bond donors (Lipinski definition) is 1. The highest BCUT2D eigenvalue weighted by Gasteiger charge is 2.57. The van der Waals surface area contributed by atoms with Crippen LogP contribution in [-0.4, -0.2) is 127 Å². The molecular weight excluding hydrogens is 633 g/mol. The lowest BCUT2D eigenvalue weighted by Crippen LogP contribution is -2.69. The van der Waals surface area contributed by atoms with Crippen LogP contribution in [0.25, 0.3) is 10.4 Å². The minimum absolute atomic E-state index is 0.145. The Morgan fingerprint density at radius 3 is 1.49 bits per heavy atom. The van der Waals surface area contributed by atoms with E-state index in [4.69, 9.17) is 50.6 Å². The van der Waals surface area contributed by atoms with Crippen molar-refractivity contribution in [1.29, 1.82) is 0 Å². The SMILES string of the molecule is [B]OCC1OC(OC2C(OCC=C)C(OCCCC)C(OCCCC)C(OCCCC)C2OCCCC)C(N=[N+]=[N-])C(OCCCC)C1O. The fraction of sp³-hybridized carbons (Fsp3) is 0.943. The van der Waals surface area contributed by atoms with E-state index in [-0.39, 0.29) is 13.2 Å². The Morgan fingerprint density at radius 1 is 0.694 bits per heavy atom. The monoisotopic (exact) mass is 697 g/mol. The molecule has 0 amide bonds. The number of aliphatic hydroxyl groups excluding tert-OH is 1. The molecule has 1 aliphatic carbocycles. The lowest BCUT2D eigenvalue weighted by Gasteiger charge is -2.51. The van der Waals surface area contributed by atoms with Gasteiger partial charge in [0, 0.05) is 37.9 Å². The summed E-state index contributed by atoms with van der Waals surface area (Å²) in [5.41, 5.74) is 9.66. The summed E-state index contributed by atoms with van der Waals surface area (Å²) < 4.78 is 57.2. The third kappa shape index (κ3) is 14.0. The molecule has 49 heavy (non-hydrogen) atoms. The van der Waals surface area contributed by atoms with Crippen LogP contribution in [0, 0.1) is 0 Å². The predicted octanol–water partition coefficient (Wildman–Crippen LogP) is 5.75. The molecule has 14 heteroatoms. The van der Waals surface area contributed by atoms with Crippen LogP contribution in [0.3, 0.4) is 0 Å². The molecule has 0 bridgehead atoms. The molecule has 11 atom stereocenters. The number of nitrogens with zero attached hydrogens (tertiary/aromatic N) is 3. The Balaban J connectivity index is 2.69. The van der Waals surface area contributed by atoms with Crippen LogP contribution in [0.15, 0.2) is 17.8 Å². The fourth-order valence-electron chi connectivity index (χ4n) is 6.00. The Bertz CT molecular complexity index is 904. The first kappa shape index (κ1) is 43.9. The summed E-state index contributed by atoms with van der Waals surface area (Å²) in [5.74, 6) is 0. The van der Waals surface area contributed by atoms with Crippen LogP contribution < -0.4 is 0 Å². The van der Waals surface area contributed by atoms with Crippen molar-refractivity contribution in [3.05, 3.63) is 23.1 Å². The van der Waals surface area contributed by atoms with Gasteiger partial charge in [-0.2, -0.15) is 0 Å². The zero-order valence-electron chi connectivity index (χ0n) is 30.7. The molecule has 0 aromatic rings. The van der Waals surface area contributed by atoms with E-state index in [1.54, 1.807) is 6.08 Å². The second-order valence-corrected chi connectivity index (χ2v) is 12.7. The van der Waals surface area contributed by atoms with Crippen molar-refractivity contribution < 1.29 is 47.7 Å². The Labute approximate surface area is 296 Å². The van der Waals surface area contributed by atoms with Crippen molar-refractivity contribution in [3.63, 3.8) is 0 Å². The van der Waals surface area contributed by atoms with Gasteiger partial charge in [0.15, 0.2) is 6.29 Å². The van der Waals surface area contributed by atoms with Gasteiger partial charge in [0.2, 0.25) is 0 Å². The van der Waals surface area contributed by atoms with Crippen LogP contribution in [0.1, 0.15) is 98.8 Å². The summed E-state index contributed by atoms with van der Waals surface area (Å²) in [6.07, 6.45) is 2.27. The molecule has 0 aromatic carbocycles. The van der Waals surface area contributed by atoms with Gasteiger partial charge in [0.25, 0.3) is 8.05 Å². The molecule has 282 valence electrons. The van der Waals surface area contributed by atoms with Gasteiger partial charge < -0.3 is 47.7 Å². The molecule has 2 radical (unpaired) electrons. The number of unbranched alkanes of at least 4 members (excludes halogenated alkanes) is 5. The van der Waals surface area contributed by atoms with Gasteiger partial charge >= 0.3 is 0 Å². The maximum atomic E-state index is 11.3. The van der Waals surface area contributed by atoms with Crippen LogP contribution in [0.4, 0.5) is 0 Å². The summed E-state index contributed by atoms with van der Waals surface area (Å²) in [6.45, 7) is 16.7. The lowest BCUT2D eigenvalue weighted by molar-refractivity contribution is -0.334. The topological polar surface area (TPSA) is 152 Å². The smallest absolute Gasteiger partial charge is 0.282 e. The highest BCUT2D eigenvalue weighted by atomic mass is 16.7. The van der Waals surface area contributed by atoms with Gasteiger partial charge in [-0.1, -0.05) is 77.9 Å². The highest BCUT2D eigenvalue weighted by Crippen LogP contribution is 2.37. The van der Waals surface area contributed by atoms with E-state index in [9.17, 15) is 10.6 Å². The standard InChI is InChI=1S/C35H64BN3O10/c1-7-13-19-42-28-26(38-39-37)35(48-25(24-47-36)27(28)40)49-34-32(41-18-12-6)30(44-21-15-9-3)29(43-20-14-8-2)31(45-22-16-10-4)33(34)46-23-17-11-5/h12,25-35,40H,6-11,13-24H2,1-5H3. The molecule has 13 nitrogen and oxygen atoms in total. The first-order chi connectivity index (χ1) is 24.0. The Morgan fingerprint density at radius 2 is 1.10 bits per heavy atom. The number of aliphatic hydroxyl groups is 1. The maximum Gasteiger partial charge on any atom is 0.282 e. The van der Waals surface area contributed by atoms with Gasteiger partial charge in [-0.15, -0.1) is 6.58 Å². The number of hydrogen-bond acceptors (Lipinski definition) is 11. The highest BCUT2D eigenvalue weighted by molar-refractivity contribution is 5.97. The fourth-order valence-corrected chi connectivity index (χ4v) is 6.00.